The van der Waals surface area contributed by atoms with E-state index in [1.807, 2.05) is 43.3 Å². The van der Waals surface area contributed by atoms with Gasteiger partial charge in [0.15, 0.2) is 0 Å². The van der Waals surface area contributed by atoms with Crippen LogP contribution in [0.25, 0.3) is 0 Å². The number of H-pyrrole nitrogens is 1. The van der Waals surface area contributed by atoms with E-state index in [4.69, 9.17) is 10.1 Å². The minimum atomic E-state index is -0.625. The van der Waals surface area contributed by atoms with Gasteiger partial charge in [0.2, 0.25) is 0 Å². The van der Waals surface area contributed by atoms with Crippen LogP contribution in [0.3, 0.4) is 0 Å². The normalized spacial score (nSPS) is 12.1. The van der Waals surface area contributed by atoms with Crippen LogP contribution in [0.4, 0.5) is 0 Å². The summed E-state index contributed by atoms with van der Waals surface area (Å²) in [5, 5.41) is 17.6. The van der Waals surface area contributed by atoms with E-state index in [1.165, 1.54) is 0 Å². The summed E-state index contributed by atoms with van der Waals surface area (Å²) in [6, 6.07) is 11.4. The van der Waals surface area contributed by atoms with Gasteiger partial charge in [0.25, 0.3) is 0 Å². The Bertz CT molecular complexity index is 592. The molecule has 1 aromatic carbocycles. The summed E-state index contributed by atoms with van der Waals surface area (Å²) >= 11 is 0. The first-order valence-electron chi connectivity index (χ1n) is 6.24. The Labute approximate surface area is 112 Å². The summed E-state index contributed by atoms with van der Waals surface area (Å²) in [5.41, 5.74) is 2.16. The van der Waals surface area contributed by atoms with Crippen LogP contribution in [0.5, 0.6) is 5.75 Å². The third-order valence-electron chi connectivity index (χ3n) is 2.92. The largest absolute Gasteiger partial charge is 0.491 e. The molecule has 1 atom stereocenters. The number of aliphatic hydroxyl groups is 1. The fourth-order valence-electron chi connectivity index (χ4n) is 1.86. The first-order chi connectivity index (χ1) is 9.16. The molecule has 0 bridgehead atoms. The van der Waals surface area contributed by atoms with Gasteiger partial charge in [-0.1, -0.05) is 24.3 Å². The van der Waals surface area contributed by atoms with Gasteiger partial charge in [0.1, 0.15) is 17.8 Å². The van der Waals surface area contributed by atoms with Crippen molar-refractivity contribution >= 4 is 0 Å². The van der Waals surface area contributed by atoms with Crippen molar-refractivity contribution in [1.29, 1.82) is 5.41 Å². The maximum absolute atomic E-state index is 9.96. The SMILES string of the molecule is Cc1ccccc1OCC(O)Cc1ccc[nH]c1=N. The van der Waals surface area contributed by atoms with Gasteiger partial charge in [-0.2, -0.15) is 0 Å². The molecule has 1 aromatic heterocycles. The number of benzene rings is 1. The summed E-state index contributed by atoms with van der Waals surface area (Å²) in [6.45, 7) is 2.19. The molecule has 19 heavy (non-hydrogen) atoms. The lowest BCUT2D eigenvalue weighted by Crippen LogP contribution is -2.24. The number of nitrogens with one attached hydrogen (secondary N) is 2. The topological polar surface area (TPSA) is 69.1 Å². The number of hydrogen-bond donors (Lipinski definition) is 3. The van der Waals surface area contributed by atoms with Gasteiger partial charge < -0.3 is 14.8 Å². The Balaban J connectivity index is 1.92. The maximum atomic E-state index is 9.96. The second-order valence-corrected chi connectivity index (χ2v) is 4.50. The fraction of sp³-hybridized carbons (Fsp3) is 0.267. The zero-order valence-corrected chi connectivity index (χ0v) is 10.9. The monoisotopic (exact) mass is 258 g/mol. The average Bonchev–Trinajstić information content (AvgIpc) is 2.40. The Morgan fingerprint density at radius 1 is 1.26 bits per heavy atom. The van der Waals surface area contributed by atoms with Crippen LogP contribution < -0.4 is 10.2 Å². The van der Waals surface area contributed by atoms with Crippen LogP contribution in [0.15, 0.2) is 42.6 Å². The molecule has 0 aliphatic heterocycles. The van der Waals surface area contributed by atoms with Crippen molar-refractivity contribution in [1.82, 2.24) is 4.98 Å². The van der Waals surface area contributed by atoms with E-state index in [1.54, 1.807) is 6.20 Å². The average molecular weight is 258 g/mol. The van der Waals surface area contributed by atoms with Crippen molar-refractivity contribution in [2.75, 3.05) is 6.61 Å². The highest BCUT2D eigenvalue weighted by atomic mass is 16.5. The molecule has 100 valence electrons. The van der Waals surface area contributed by atoms with Crippen molar-refractivity contribution in [3.63, 3.8) is 0 Å². The van der Waals surface area contributed by atoms with Crippen molar-refractivity contribution in [2.24, 2.45) is 0 Å². The van der Waals surface area contributed by atoms with Gasteiger partial charge in [-0.25, -0.2) is 0 Å². The number of aromatic nitrogens is 1. The molecule has 0 saturated heterocycles. The highest BCUT2D eigenvalue weighted by molar-refractivity contribution is 5.31. The van der Waals surface area contributed by atoms with Gasteiger partial charge >= 0.3 is 0 Å². The zero-order chi connectivity index (χ0) is 13.7. The summed E-state index contributed by atoms with van der Waals surface area (Å²) in [5.74, 6) is 0.785. The van der Waals surface area contributed by atoms with Gasteiger partial charge in [-0.3, -0.25) is 5.41 Å². The molecular weight excluding hydrogens is 240 g/mol. The van der Waals surface area contributed by atoms with Crippen LogP contribution in [0.1, 0.15) is 11.1 Å². The molecule has 4 heteroatoms. The highest BCUT2D eigenvalue weighted by Gasteiger charge is 2.08. The first kappa shape index (κ1) is 13.4. The Hall–Kier alpha value is -2.07. The first-order valence-corrected chi connectivity index (χ1v) is 6.24. The second-order valence-electron chi connectivity index (χ2n) is 4.50. The predicted molar refractivity (Wildman–Crippen MR) is 73.0 cm³/mol. The lowest BCUT2D eigenvalue weighted by atomic mass is 10.1. The lowest BCUT2D eigenvalue weighted by molar-refractivity contribution is 0.107. The number of hydrogen-bond acceptors (Lipinski definition) is 3. The number of ether oxygens (including phenoxy) is 1. The maximum Gasteiger partial charge on any atom is 0.125 e. The van der Waals surface area contributed by atoms with Gasteiger partial charge in [0, 0.05) is 12.6 Å². The van der Waals surface area contributed by atoms with Crippen LogP contribution in [-0.2, 0) is 6.42 Å². The third-order valence-corrected chi connectivity index (χ3v) is 2.92. The minimum Gasteiger partial charge on any atom is -0.491 e. The summed E-state index contributed by atoms with van der Waals surface area (Å²) in [7, 11) is 0. The highest BCUT2D eigenvalue weighted by Crippen LogP contribution is 2.16. The quantitative estimate of drug-likeness (QED) is 0.765. The van der Waals surface area contributed by atoms with E-state index in [2.05, 4.69) is 4.98 Å². The van der Waals surface area contributed by atoms with Crippen LogP contribution in [0.2, 0.25) is 0 Å². The van der Waals surface area contributed by atoms with Gasteiger partial charge in [-0.05, 0) is 30.2 Å². The molecule has 0 aliphatic rings. The minimum absolute atomic E-state index is 0.221. The van der Waals surface area contributed by atoms with E-state index in [9.17, 15) is 5.11 Å². The number of rotatable bonds is 5. The van der Waals surface area contributed by atoms with Crippen LogP contribution in [0, 0.1) is 12.3 Å². The Morgan fingerprint density at radius 2 is 2.05 bits per heavy atom. The predicted octanol–water partition coefficient (Wildman–Crippen LogP) is 1.78. The molecule has 1 unspecified atom stereocenters. The van der Waals surface area contributed by atoms with E-state index < -0.39 is 6.10 Å². The van der Waals surface area contributed by atoms with E-state index >= 15 is 0 Å². The van der Waals surface area contributed by atoms with Crippen LogP contribution in [-0.4, -0.2) is 22.8 Å². The molecule has 0 aliphatic carbocycles. The summed E-state index contributed by atoms with van der Waals surface area (Å²) < 4.78 is 5.59. The second kappa shape index (κ2) is 6.20. The van der Waals surface area contributed by atoms with Gasteiger partial charge in [0.05, 0.1) is 6.10 Å². The molecule has 1 heterocycles. The molecule has 0 fully saturated rings. The standard InChI is InChI=1S/C15H18N2O2/c1-11-5-2-3-7-14(11)19-10-13(18)9-12-6-4-8-17-15(12)16/h2-8,13,18H,9-10H2,1H3,(H2,16,17). The van der Waals surface area contributed by atoms with E-state index in [0.29, 0.717) is 11.9 Å². The molecule has 2 rings (SSSR count). The number of para-hydroxylation sites is 1. The zero-order valence-electron chi connectivity index (χ0n) is 10.9. The van der Waals surface area contributed by atoms with Crippen molar-refractivity contribution in [2.45, 2.75) is 19.4 Å². The molecule has 0 spiro atoms. The fourth-order valence-corrected chi connectivity index (χ4v) is 1.86. The van der Waals surface area contributed by atoms with Crippen molar-refractivity contribution in [3.05, 3.63) is 59.2 Å². The summed E-state index contributed by atoms with van der Waals surface area (Å²) in [4.78, 5) is 2.80. The Kier molecular flexibility index (Phi) is 4.36. The molecule has 2 aromatic rings. The van der Waals surface area contributed by atoms with E-state index in [-0.39, 0.29) is 6.61 Å². The molecule has 0 saturated carbocycles. The van der Waals surface area contributed by atoms with E-state index in [0.717, 1.165) is 16.9 Å². The van der Waals surface area contributed by atoms with Crippen LogP contribution >= 0.6 is 0 Å². The van der Waals surface area contributed by atoms with Gasteiger partial charge in [-0.15, -0.1) is 0 Å². The number of pyridine rings is 1. The third kappa shape index (κ3) is 3.69. The smallest absolute Gasteiger partial charge is 0.125 e. The van der Waals surface area contributed by atoms with Crippen molar-refractivity contribution in [3.8, 4) is 5.75 Å². The number of aryl methyl sites for hydroxylation is 1. The number of aliphatic hydroxyl groups excluding tert-OH is 1. The molecule has 4 nitrogen and oxygen atoms in total. The molecule has 0 radical (unpaired) electrons. The number of aromatic amines is 1. The molecule has 3 N–H and O–H groups in total. The summed E-state index contributed by atoms with van der Waals surface area (Å²) in [6.07, 6.45) is 1.48. The van der Waals surface area contributed by atoms with Crippen molar-refractivity contribution < 1.29 is 9.84 Å². The lowest BCUT2D eigenvalue weighted by Gasteiger charge is -2.13. The Morgan fingerprint density at radius 3 is 2.79 bits per heavy atom. The molecular formula is C15H18N2O2. The molecule has 0 amide bonds.